The summed E-state index contributed by atoms with van der Waals surface area (Å²) in [5.41, 5.74) is 0. The Bertz CT molecular complexity index is 20.0. The highest BCUT2D eigenvalue weighted by Gasteiger charge is 1.50. The molecule has 22 valence electrons. The third-order valence-electron chi connectivity index (χ3n) is 0.0430. The quantitative estimate of drug-likeness (QED) is 0.291. The second kappa shape index (κ2) is 2.43. The van der Waals surface area contributed by atoms with Crippen molar-refractivity contribution in [1.29, 1.82) is 0 Å². The maximum Gasteiger partial charge on any atom is 0.317 e. The zero-order valence-electron chi connectivity index (χ0n) is 1.84. The third kappa shape index (κ3) is 1.43. The van der Waals surface area contributed by atoms with Crippen molar-refractivity contribution in [3.63, 3.8) is 0 Å². The van der Waals surface area contributed by atoms with Crippen molar-refractivity contribution in [3.8, 4) is 0 Å². The van der Waals surface area contributed by atoms with Crippen LogP contribution in [0.3, 0.4) is 0 Å². The van der Waals surface area contributed by atoms with Gasteiger partial charge >= 0.3 is 6.47 Å². The Morgan fingerprint density at radius 2 is 2.25 bits per heavy atom. The molecule has 0 heterocycles. The summed E-state index contributed by atoms with van der Waals surface area (Å²) in [6, 6.07) is 0. The van der Waals surface area contributed by atoms with Gasteiger partial charge in [0.05, 0.1) is 0 Å². The zero-order valence-corrected chi connectivity index (χ0v) is 1.84. The summed E-state index contributed by atoms with van der Waals surface area (Å²) in [6.07, 6.45) is 0. The first-order valence-corrected chi connectivity index (χ1v) is 0.654. The van der Waals surface area contributed by atoms with Crippen LogP contribution in [0.4, 0.5) is 0 Å². The van der Waals surface area contributed by atoms with Crippen LogP contribution in [0, 0.1) is 0 Å². The van der Waals surface area contributed by atoms with Crippen molar-refractivity contribution < 1.29 is 9.63 Å². The lowest BCUT2D eigenvalue weighted by molar-refractivity contribution is -0.130. The molecule has 0 fully saturated rings. The standard InChI is InChI=1S/CHNO2/c2-4-1-3/h1H. The Morgan fingerprint density at radius 3 is 2.25 bits per heavy atom. The highest BCUT2D eigenvalue weighted by molar-refractivity contribution is 5.35. The van der Waals surface area contributed by atoms with Gasteiger partial charge in [-0.3, -0.25) is 4.79 Å². The maximum absolute atomic E-state index is 8.70. The summed E-state index contributed by atoms with van der Waals surface area (Å²) in [5.74, 6) is 7.01. The molecule has 0 aromatic carbocycles. The lowest BCUT2D eigenvalue weighted by Gasteiger charge is -1.58. The van der Waals surface area contributed by atoms with Gasteiger partial charge in [0, 0.05) is 0 Å². The van der Waals surface area contributed by atoms with Crippen LogP contribution in [-0.2, 0) is 9.63 Å². The van der Waals surface area contributed by atoms with E-state index in [1.807, 2.05) is 0 Å². The fourth-order valence-electron chi connectivity index (χ4n) is 0. The molecule has 0 atom stereocenters. The smallest absolute Gasteiger partial charge is 0.317 e. The number of nitrogens with zero attached hydrogens (tertiary/aromatic N) is 1. The van der Waals surface area contributed by atoms with Crippen molar-refractivity contribution >= 4 is 6.47 Å². The van der Waals surface area contributed by atoms with Gasteiger partial charge in [-0.25, -0.2) is 0 Å². The monoisotopic (exact) mass is 59.0 g/mol. The minimum atomic E-state index is -0.0694. The molecular weight excluding hydrogens is 58.0 g/mol. The van der Waals surface area contributed by atoms with Crippen LogP contribution in [0.2, 0.25) is 0 Å². The molecule has 3 nitrogen and oxygen atoms in total. The van der Waals surface area contributed by atoms with Crippen LogP contribution in [0.1, 0.15) is 0 Å². The number of carbonyl (C=O) groups excluding carboxylic acids is 1. The Kier molecular flexibility index (Phi) is 2.08. The molecule has 0 aliphatic carbocycles. The average molecular weight is 59.0 g/mol. The molecule has 0 unspecified atom stereocenters. The molecule has 2 radical (unpaired) electrons. The van der Waals surface area contributed by atoms with E-state index in [-0.39, 0.29) is 6.47 Å². The van der Waals surface area contributed by atoms with Gasteiger partial charge < -0.3 is 4.84 Å². The van der Waals surface area contributed by atoms with Gasteiger partial charge in [-0.2, -0.15) is 0 Å². The molecule has 0 aromatic heterocycles. The zero-order chi connectivity index (χ0) is 3.41. The molecule has 0 aliphatic rings. The average Bonchev–Trinajstić information content (AvgIpc) is 1.37. The van der Waals surface area contributed by atoms with Gasteiger partial charge in [0.2, 0.25) is 0 Å². The highest BCUT2D eigenvalue weighted by Crippen LogP contribution is 1.30. The summed E-state index contributed by atoms with van der Waals surface area (Å²) in [6.45, 7) is -0.0694. The van der Waals surface area contributed by atoms with Crippen molar-refractivity contribution in [1.82, 2.24) is 5.90 Å². The number of rotatable bonds is 1. The first-order valence-electron chi connectivity index (χ1n) is 0.654. The maximum atomic E-state index is 8.70. The van der Waals surface area contributed by atoms with E-state index in [0.717, 1.165) is 0 Å². The molecule has 0 N–H and O–H groups in total. The van der Waals surface area contributed by atoms with Crippen molar-refractivity contribution in [2.45, 2.75) is 0 Å². The highest BCUT2D eigenvalue weighted by atomic mass is 16.6. The van der Waals surface area contributed by atoms with Gasteiger partial charge in [-0.05, 0) is 0 Å². The van der Waals surface area contributed by atoms with E-state index in [9.17, 15) is 0 Å². The topological polar surface area (TPSA) is 48.6 Å². The molecule has 0 aliphatic heterocycles. The summed E-state index contributed by atoms with van der Waals surface area (Å²) < 4.78 is 0. The Hall–Kier alpha value is -0.570. The van der Waals surface area contributed by atoms with Crippen LogP contribution in [0.5, 0.6) is 0 Å². The van der Waals surface area contributed by atoms with Gasteiger partial charge in [0.15, 0.2) is 0 Å². The van der Waals surface area contributed by atoms with Crippen molar-refractivity contribution in [3.05, 3.63) is 0 Å². The van der Waals surface area contributed by atoms with E-state index in [4.69, 9.17) is 10.7 Å². The van der Waals surface area contributed by atoms with Crippen molar-refractivity contribution in [2.75, 3.05) is 0 Å². The summed E-state index contributed by atoms with van der Waals surface area (Å²) >= 11 is 0. The van der Waals surface area contributed by atoms with Crippen molar-refractivity contribution in [2.24, 2.45) is 0 Å². The molecule has 0 amide bonds. The van der Waals surface area contributed by atoms with E-state index < -0.39 is 0 Å². The molecule has 0 rings (SSSR count). The fourth-order valence-corrected chi connectivity index (χ4v) is 0. The predicted molar refractivity (Wildman–Crippen MR) is 9.28 cm³/mol. The normalized spacial score (nSPS) is 5.25. The second-order valence-corrected chi connectivity index (χ2v) is 0.202. The lowest BCUT2D eigenvalue weighted by atomic mass is 11.6. The first-order chi connectivity index (χ1) is 1.91. The van der Waals surface area contributed by atoms with Crippen LogP contribution in [0.25, 0.3) is 0 Å². The Labute approximate surface area is 23.3 Å². The number of hydrogen-bond acceptors (Lipinski definition) is 2. The Morgan fingerprint density at radius 1 is 2.00 bits per heavy atom. The van der Waals surface area contributed by atoms with Gasteiger partial charge in [0.1, 0.15) is 5.90 Å². The van der Waals surface area contributed by atoms with E-state index in [2.05, 4.69) is 4.84 Å². The molecule has 0 saturated carbocycles. The molecule has 0 aromatic rings. The van der Waals surface area contributed by atoms with Gasteiger partial charge in [-0.15, -0.1) is 0 Å². The van der Waals surface area contributed by atoms with Crippen LogP contribution in [-0.4, -0.2) is 6.47 Å². The van der Waals surface area contributed by atoms with Crippen LogP contribution >= 0.6 is 0 Å². The second-order valence-electron chi connectivity index (χ2n) is 0.202. The predicted octanol–water partition coefficient (Wildman–Crippen LogP) is -0.857. The molecule has 3 heteroatoms. The van der Waals surface area contributed by atoms with Crippen LogP contribution < -0.4 is 5.90 Å². The summed E-state index contributed by atoms with van der Waals surface area (Å²) in [4.78, 5) is 11.6. The molecule has 0 spiro atoms. The largest absolute Gasteiger partial charge is 0.332 e. The molecular formula is CHNO2. The van der Waals surface area contributed by atoms with E-state index in [1.54, 1.807) is 0 Å². The Balaban J connectivity index is 2.30. The fraction of sp³-hybridized carbons (Fsp3) is 0. The summed E-state index contributed by atoms with van der Waals surface area (Å²) in [5, 5.41) is 0. The first kappa shape index (κ1) is 3.43. The van der Waals surface area contributed by atoms with E-state index in [1.165, 1.54) is 0 Å². The minimum absolute atomic E-state index is 0.0694. The summed E-state index contributed by atoms with van der Waals surface area (Å²) in [7, 11) is 0. The van der Waals surface area contributed by atoms with E-state index >= 15 is 0 Å². The molecule has 0 saturated heterocycles. The lowest BCUT2D eigenvalue weighted by Crippen LogP contribution is -1.74. The van der Waals surface area contributed by atoms with Crippen LogP contribution in [0.15, 0.2) is 0 Å². The van der Waals surface area contributed by atoms with Gasteiger partial charge in [0.25, 0.3) is 0 Å². The third-order valence-corrected chi connectivity index (χ3v) is 0.0430. The number of carbonyl (C=O) groups is 1. The van der Waals surface area contributed by atoms with E-state index in [0.29, 0.717) is 0 Å². The minimum Gasteiger partial charge on any atom is -0.332 e. The molecule has 0 bridgehead atoms. The number of hydrogen-bond donors (Lipinski definition) is 0. The molecule has 4 heavy (non-hydrogen) atoms. The van der Waals surface area contributed by atoms with Gasteiger partial charge in [-0.1, -0.05) is 0 Å². The SMILES string of the molecule is [N]OC=O.